The van der Waals surface area contributed by atoms with Gasteiger partial charge in [-0.05, 0) is 0 Å². The van der Waals surface area contributed by atoms with Gasteiger partial charge in [-0.25, -0.2) is 4.79 Å². The zero-order chi connectivity index (χ0) is 6.85. The van der Waals surface area contributed by atoms with E-state index in [2.05, 4.69) is 4.74 Å². The smallest absolute Gasteiger partial charge is 0.335 e. The maximum Gasteiger partial charge on any atom is 0.335 e. The summed E-state index contributed by atoms with van der Waals surface area (Å²) in [7, 11) is 1.48. The Morgan fingerprint density at radius 2 is 2.56 bits per heavy atom. The first-order chi connectivity index (χ1) is 4.25. The van der Waals surface area contributed by atoms with Gasteiger partial charge in [0.2, 0.25) is 0 Å². The van der Waals surface area contributed by atoms with Gasteiger partial charge in [-0.2, -0.15) is 0 Å². The Kier molecular flexibility index (Phi) is 1.68. The summed E-state index contributed by atoms with van der Waals surface area (Å²) in [5.41, 5.74) is 0. The molecule has 52 valence electrons. The lowest BCUT2D eigenvalue weighted by Gasteiger charge is -2.31. The molecule has 0 spiro atoms. The van der Waals surface area contributed by atoms with Crippen molar-refractivity contribution in [1.82, 2.24) is 0 Å². The van der Waals surface area contributed by atoms with E-state index in [9.17, 15) is 4.79 Å². The van der Waals surface area contributed by atoms with Gasteiger partial charge < -0.3 is 14.6 Å². The van der Waals surface area contributed by atoms with Gasteiger partial charge >= 0.3 is 5.97 Å². The molecule has 0 aromatic heterocycles. The van der Waals surface area contributed by atoms with Crippen molar-refractivity contribution < 1.29 is 19.4 Å². The number of aliphatic carboxylic acids is 1. The minimum Gasteiger partial charge on any atom is -0.479 e. The van der Waals surface area contributed by atoms with Crippen molar-refractivity contribution in [3.63, 3.8) is 0 Å². The summed E-state index contributed by atoms with van der Waals surface area (Å²) in [6.45, 7) is 0.396. The van der Waals surface area contributed by atoms with Gasteiger partial charge in [-0.15, -0.1) is 0 Å². The van der Waals surface area contributed by atoms with Crippen molar-refractivity contribution in [1.29, 1.82) is 0 Å². The zero-order valence-corrected chi connectivity index (χ0v) is 5.03. The summed E-state index contributed by atoms with van der Waals surface area (Å²) in [6.07, 6.45) is -0.988. The van der Waals surface area contributed by atoms with Gasteiger partial charge in [0, 0.05) is 7.11 Å². The number of hydrogen-bond donors (Lipinski definition) is 1. The molecule has 0 aliphatic carbocycles. The van der Waals surface area contributed by atoms with E-state index in [0.29, 0.717) is 6.61 Å². The predicted octanol–water partition coefficient (Wildman–Crippen LogP) is -0.515. The third-order valence-electron chi connectivity index (χ3n) is 1.32. The molecule has 0 aromatic rings. The summed E-state index contributed by atoms with van der Waals surface area (Å²) >= 11 is 0. The molecule has 2 unspecified atom stereocenters. The highest BCUT2D eigenvalue weighted by Crippen LogP contribution is 2.14. The standard InChI is InChI=1S/C5H8O4/c1-8-3-2-9-4(3)5(6)7/h3-4H,2H2,1H3,(H,6,7). The average molecular weight is 132 g/mol. The Morgan fingerprint density at radius 1 is 1.89 bits per heavy atom. The van der Waals surface area contributed by atoms with Gasteiger partial charge in [-0.3, -0.25) is 0 Å². The van der Waals surface area contributed by atoms with Crippen LogP contribution in [0.15, 0.2) is 0 Å². The molecule has 9 heavy (non-hydrogen) atoms. The first-order valence-electron chi connectivity index (χ1n) is 2.63. The predicted molar refractivity (Wildman–Crippen MR) is 28.2 cm³/mol. The third-order valence-corrected chi connectivity index (χ3v) is 1.32. The first-order valence-corrected chi connectivity index (χ1v) is 2.63. The fraction of sp³-hybridized carbons (Fsp3) is 0.800. The van der Waals surface area contributed by atoms with Crippen LogP contribution in [0.25, 0.3) is 0 Å². The Balaban J connectivity index is 2.35. The molecule has 0 bridgehead atoms. The quantitative estimate of drug-likeness (QED) is 0.549. The van der Waals surface area contributed by atoms with Crippen LogP contribution in [-0.2, 0) is 14.3 Å². The molecule has 1 saturated heterocycles. The molecule has 4 nitrogen and oxygen atoms in total. The molecule has 0 amide bonds. The molecule has 1 fully saturated rings. The zero-order valence-electron chi connectivity index (χ0n) is 5.03. The van der Waals surface area contributed by atoms with E-state index in [4.69, 9.17) is 9.84 Å². The lowest BCUT2D eigenvalue weighted by atomic mass is 10.1. The molecule has 1 heterocycles. The topological polar surface area (TPSA) is 55.8 Å². The molecular formula is C5H8O4. The minimum absolute atomic E-state index is 0.248. The molecular weight excluding hydrogens is 124 g/mol. The van der Waals surface area contributed by atoms with E-state index in [1.165, 1.54) is 7.11 Å². The second-order valence-electron chi connectivity index (χ2n) is 1.87. The van der Waals surface area contributed by atoms with Crippen LogP contribution in [0.4, 0.5) is 0 Å². The van der Waals surface area contributed by atoms with Gasteiger partial charge in [-0.1, -0.05) is 0 Å². The molecule has 1 aliphatic rings. The number of methoxy groups -OCH3 is 1. The fourth-order valence-electron chi connectivity index (χ4n) is 0.693. The second kappa shape index (κ2) is 2.33. The van der Waals surface area contributed by atoms with Crippen LogP contribution in [0, 0.1) is 0 Å². The van der Waals surface area contributed by atoms with Gasteiger partial charge in [0.25, 0.3) is 0 Å². The number of carboxylic acid groups (broad SMARTS) is 1. The van der Waals surface area contributed by atoms with Crippen LogP contribution in [0.5, 0.6) is 0 Å². The number of hydrogen-bond acceptors (Lipinski definition) is 3. The maximum absolute atomic E-state index is 10.1. The van der Waals surface area contributed by atoms with Crippen molar-refractivity contribution in [2.75, 3.05) is 13.7 Å². The molecule has 1 rings (SSSR count). The molecule has 0 aromatic carbocycles. The SMILES string of the molecule is COC1COC1C(=O)O. The molecule has 1 N–H and O–H groups in total. The summed E-state index contributed by atoms with van der Waals surface area (Å²) < 4.78 is 9.43. The summed E-state index contributed by atoms with van der Waals surface area (Å²) in [5.74, 6) is -0.951. The van der Waals surface area contributed by atoms with Crippen molar-refractivity contribution in [2.45, 2.75) is 12.2 Å². The lowest BCUT2D eigenvalue weighted by molar-refractivity contribution is -0.200. The van der Waals surface area contributed by atoms with Crippen molar-refractivity contribution in [2.24, 2.45) is 0 Å². The van der Waals surface area contributed by atoms with Gasteiger partial charge in [0.1, 0.15) is 6.10 Å². The maximum atomic E-state index is 10.1. The van der Waals surface area contributed by atoms with E-state index in [0.717, 1.165) is 0 Å². The van der Waals surface area contributed by atoms with Crippen LogP contribution in [0.3, 0.4) is 0 Å². The summed E-state index contributed by atoms with van der Waals surface area (Å²) in [4.78, 5) is 10.1. The Morgan fingerprint density at radius 3 is 2.67 bits per heavy atom. The van der Waals surface area contributed by atoms with E-state index >= 15 is 0 Å². The van der Waals surface area contributed by atoms with E-state index in [1.807, 2.05) is 0 Å². The highest BCUT2D eigenvalue weighted by atomic mass is 16.6. The fourth-order valence-corrected chi connectivity index (χ4v) is 0.693. The highest BCUT2D eigenvalue weighted by Gasteiger charge is 2.38. The van der Waals surface area contributed by atoms with Crippen LogP contribution >= 0.6 is 0 Å². The number of carbonyl (C=O) groups is 1. The number of rotatable bonds is 2. The molecule has 0 saturated carbocycles. The van der Waals surface area contributed by atoms with Crippen LogP contribution < -0.4 is 0 Å². The van der Waals surface area contributed by atoms with E-state index in [-0.39, 0.29) is 6.10 Å². The van der Waals surface area contributed by atoms with Crippen LogP contribution in [0.2, 0.25) is 0 Å². The Labute approximate surface area is 52.4 Å². The molecule has 1 aliphatic heterocycles. The Hall–Kier alpha value is -0.610. The van der Waals surface area contributed by atoms with Gasteiger partial charge in [0.05, 0.1) is 6.61 Å². The summed E-state index contributed by atoms with van der Waals surface area (Å²) in [6, 6.07) is 0. The third kappa shape index (κ3) is 1.04. The van der Waals surface area contributed by atoms with Crippen molar-refractivity contribution in [3.8, 4) is 0 Å². The summed E-state index contributed by atoms with van der Waals surface area (Å²) in [5, 5.41) is 8.33. The number of carboxylic acids is 1. The van der Waals surface area contributed by atoms with Crippen LogP contribution in [-0.4, -0.2) is 37.0 Å². The average Bonchev–Trinajstić information content (AvgIpc) is 1.61. The largest absolute Gasteiger partial charge is 0.479 e. The normalized spacial score (nSPS) is 33.4. The lowest BCUT2D eigenvalue weighted by Crippen LogP contribution is -2.50. The van der Waals surface area contributed by atoms with Crippen molar-refractivity contribution in [3.05, 3.63) is 0 Å². The first kappa shape index (κ1) is 6.51. The van der Waals surface area contributed by atoms with Crippen LogP contribution in [0.1, 0.15) is 0 Å². The van der Waals surface area contributed by atoms with Crippen molar-refractivity contribution >= 4 is 5.97 Å². The number of ether oxygens (including phenoxy) is 2. The highest BCUT2D eigenvalue weighted by molar-refractivity contribution is 5.74. The van der Waals surface area contributed by atoms with E-state index in [1.54, 1.807) is 0 Å². The monoisotopic (exact) mass is 132 g/mol. The second-order valence-corrected chi connectivity index (χ2v) is 1.87. The molecule has 4 heteroatoms. The van der Waals surface area contributed by atoms with E-state index < -0.39 is 12.1 Å². The molecule has 0 radical (unpaired) electrons. The molecule has 2 atom stereocenters. The minimum atomic E-state index is -0.951. The van der Waals surface area contributed by atoms with Gasteiger partial charge in [0.15, 0.2) is 6.10 Å². The Bertz CT molecular complexity index is 120.